The molecule has 20 heavy (non-hydrogen) atoms. The smallest absolute Gasteiger partial charge is 0.245 e. The van der Waals surface area contributed by atoms with Crippen LogP contribution in [0.15, 0.2) is 28.7 Å². The van der Waals surface area contributed by atoms with Crippen molar-refractivity contribution in [3.05, 3.63) is 28.7 Å². The molecule has 1 aromatic carbocycles. The van der Waals surface area contributed by atoms with Gasteiger partial charge in [0, 0.05) is 22.7 Å². The molecule has 1 aliphatic heterocycles. The summed E-state index contributed by atoms with van der Waals surface area (Å²) in [7, 11) is 1.93. The topological polar surface area (TPSA) is 47.3 Å². The first-order chi connectivity index (χ1) is 9.54. The van der Waals surface area contributed by atoms with Gasteiger partial charge in [0.15, 0.2) is 0 Å². The SMILES string of the molecule is CC1CCN(c2cccc(Br)c2)C(=O)C(CC#N)N1C. The molecule has 5 heteroatoms. The van der Waals surface area contributed by atoms with Gasteiger partial charge in [0.25, 0.3) is 0 Å². The molecule has 106 valence electrons. The number of rotatable bonds is 2. The molecule has 1 fully saturated rings. The number of hydrogen-bond acceptors (Lipinski definition) is 3. The first kappa shape index (κ1) is 15.0. The Morgan fingerprint density at radius 1 is 1.50 bits per heavy atom. The van der Waals surface area contributed by atoms with Gasteiger partial charge in [0.05, 0.1) is 12.5 Å². The van der Waals surface area contributed by atoms with Crippen LogP contribution in [0.25, 0.3) is 0 Å². The minimum absolute atomic E-state index is 0.0106. The molecule has 0 aromatic heterocycles. The van der Waals surface area contributed by atoms with Gasteiger partial charge in [0.1, 0.15) is 6.04 Å². The summed E-state index contributed by atoms with van der Waals surface area (Å²) in [6.07, 6.45) is 1.13. The van der Waals surface area contributed by atoms with Crippen LogP contribution in [0, 0.1) is 11.3 Å². The molecule has 4 nitrogen and oxygen atoms in total. The molecular formula is C15H18BrN3O. The highest BCUT2D eigenvalue weighted by Crippen LogP contribution is 2.25. The lowest BCUT2D eigenvalue weighted by Gasteiger charge is -2.28. The molecule has 1 saturated heterocycles. The molecular weight excluding hydrogens is 318 g/mol. The van der Waals surface area contributed by atoms with E-state index in [4.69, 9.17) is 5.26 Å². The number of carbonyl (C=O) groups excluding carboxylic acids is 1. The quantitative estimate of drug-likeness (QED) is 0.834. The predicted octanol–water partition coefficient (Wildman–Crippen LogP) is 2.79. The maximum Gasteiger partial charge on any atom is 0.245 e. The number of amides is 1. The summed E-state index contributed by atoms with van der Waals surface area (Å²) in [5.41, 5.74) is 0.884. The summed E-state index contributed by atoms with van der Waals surface area (Å²) in [5, 5.41) is 8.98. The van der Waals surface area contributed by atoms with Gasteiger partial charge in [0.2, 0.25) is 5.91 Å². The number of nitriles is 1. The Labute approximate surface area is 128 Å². The molecule has 1 aromatic rings. The van der Waals surface area contributed by atoms with Gasteiger partial charge in [-0.1, -0.05) is 22.0 Å². The lowest BCUT2D eigenvalue weighted by atomic mass is 10.1. The van der Waals surface area contributed by atoms with Crippen LogP contribution in [-0.2, 0) is 4.79 Å². The van der Waals surface area contributed by atoms with E-state index in [2.05, 4.69) is 28.9 Å². The van der Waals surface area contributed by atoms with Crippen LogP contribution in [0.5, 0.6) is 0 Å². The Bertz CT molecular complexity index is 540. The zero-order chi connectivity index (χ0) is 14.7. The van der Waals surface area contributed by atoms with Crippen molar-refractivity contribution in [1.82, 2.24) is 4.90 Å². The van der Waals surface area contributed by atoms with Crippen molar-refractivity contribution in [1.29, 1.82) is 5.26 Å². The van der Waals surface area contributed by atoms with Crippen molar-refractivity contribution in [3.8, 4) is 6.07 Å². The average Bonchev–Trinajstić information content (AvgIpc) is 2.52. The zero-order valence-corrected chi connectivity index (χ0v) is 13.3. The molecule has 0 radical (unpaired) electrons. The highest BCUT2D eigenvalue weighted by molar-refractivity contribution is 9.10. The first-order valence-corrected chi connectivity index (χ1v) is 7.49. The highest BCUT2D eigenvalue weighted by atomic mass is 79.9. The lowest BCUT2D eigenvalue weighted by Crippen LogP contribution is -2.46. The van der Waals surface area contributed by atoms with Crippen LogP contribution in [0.4, 0.5) is 5.69 Å². The molecule has 0 aliphatic carbocycles. The minimum atomic E-state index is -0.364. The summed E-state index contributed by atoms with van der Waals surface area (Å²) < 4.78 is 0.949. The van der Waals surface area contributed by atoms with Gasteiger partial charge >= 0.3 is 0 Å². The third-order valence-electron chi connectivity index (χ3n) is 3.91. The fourth-order valence-electron chi connectivity index (χ4n) is 2.51. The van der Waals surface area contributed by atoms with E-state index >= 15 is 0 Å². The standard InChI is InChI=1S/C15H18BrN3O/c1-11-7-9-19(13-5-3-4-12(16)10-13)15(20)14(6-8-17)18(11)2/h3-5,10-11,14H,6-7,9H2,1-2H3. The van der Waals surface area contributed by atoms with Gasteiger partial charge in [-0.2, -0.15) is 5.26 Å². The lowest BCUT2D eigenvalue weighted by molar-refractivity contribution is -0.123. The molecule has 0 saturated carbocycles. The van der Waals surface area contributed by atoms with Crippen molar-refractivity contribution >= 4 is 27.5 Å². The van der Waals surface area contributed by atoms with Crippen LogP contribution >= 0.6 is 15.9 Å². The molecule has 0 N–H and O–H groups in total. The molecule has 2 unspecified atom stereocenters. The Morgan fingerprint density at radius 3 is 2.90 bits per heavy atom. The molecule has 2 atom stereocenters. The van der Waals surface area contributed by atoms with Crippen molar-refractivity contribution in [2.24, 2.45) is 0 Å². The Morgan fingerprint density at radius 2 is 2.25 bits per heavy atom. The molecule has 2 rings (SSSR count). The second-order valence-corrected chi connectivity index (χ2v) is 6.07. The van der Waals surface area contributed by atoms with E-state index in [1.54, 1.807) is 4.90 Å². The number of likely N-dealkylation sites (N-methyl/N-ethyl adjacent to an activating group) is 1. The summed E-state index contributed by atoms with van der Waals surface area (Å²) in [6, 6.07) is 9.79. The average molecular weight is 336 g/mol. The van der Waals surface area contributed by atoms with Crippen LogP contribution in [0.2, 0.25) is 0 Å². The van der Waals surface area contributed by atoms with E-state index in [1.807, 2.05) is 36.2 Å². The number of hydrogen-bond donors (Lipinski definition) is 0. The van der Waals surface area contributed by atoms with Gasteiger partial charge in [-0.05, 0) is 38.6 Å². The molecule has 1 aliphatic rings. The zero-order valence-electron chi connectivity index (χ0n) is 11.7. The van der Waals surface area contributed by atoms with Crippen LogP contribution < -0.4 is 4.90 Å². The molecule has 1 heterocycles. The minimum Gasteiger partial charge on any atom is -0.311 e. The van der Waals surface area contributed by atoms with E-state index < -0.39 is 0 Å². The number of nitrogens with zero attached hydrogens (tertiary/aromatic N) is 3. The van der Waals surface area contributed by atoms with Crippen molar-refractivity contribution in [3.63, 3.8) is 0 Å². The van der Waals surface area contributed by atoms with Gasteiger partial charge in [-0.3, -0.25) is 9.69 Å². The molecule has 0 bridgehead atoms. The second kappa shape index (κ2) is 6.38. The molecule has 1 amide bonds. The maximum absolute atomic E-state index is 12.7. The number of anilines is 1. The number of halogens is 1. The van der Waals surface area contributed by atoms with E-state index in [0.717, 1.165) is 16.6 Å². The van der Waals surface area contributed by atoms with Crippen molar-refractivity contribution in [2.45, 2.75) is 31.8 Å². The number of carbonyl (C=O) groups is 1. The van der Waals surface area contributed by atoms with E-state index in [0.29, 0.717) is 6.54 Å². The van der Waals surface area contributed by atoms with E-state index in [1.165, 1.54) is 0 Å². The largest absolute Gasteiger partial charge is 0.311 e. The van der Waals surface area contributed by atoms with Crippen molar-refractivity contribution in [2.75, 3.05) is 18.5 Å². The summed E-state index contributed by atoms with van der Waals surface area (Å²) in [5.74, 6) is 0.0106. The number of benzene rings is 1. The Hall–Kier alpha value is -1.38. The normalized spacial score (nSPS) is 24.3. The summed E-state index contributed by atoms with van der Waals surface area (Å²) >= 11 is 3.44. The molecule has 0 spiro atoms. The maximum atomic E-state index is 12.7. The highest BCUT2D eigenvalue weighted by Gasteiger charge is 2.34. The Balaban J connectivity index is 2.34. The Kier molecular flexibility index (Phi) is 4.79. The first-order valence-electron chi connectivity index (χ1n) is 6.70. The monoisotopic (exact) mass is 335 g/mol. The van der Waals surface area contributed by atoms with Gasteiger partial charge < -0.3 is 4.90 Å². The fourth-order valence-corrected chi connectivity index (χ4v) is 2.90. The second-order valence-electron chi connectivity index (χ2n) is 5.15. The summed E-state index contributed by atoms with van der Waals surface area (Å²) in [4.78, 5) is 16.5. The van der Waals surface area contributed by atoms with Gasteiger partial charge in [-0.25, -0.2) is 0 Å². The van der Waals surface area contributed by atoms with Crippen molar-refractivity contribution < 1.29 is 4.79 Å². The van der Waals surface area contributed by atoms with E-state index in [-0.39, 0.29) is 24.4 Å². The van der Waals surface area contributed by atoms with Crippen LogP contribution in [0.1, 0.15) is 19.8 Å². The summed E-state index contributed by atoms with van der Waals surface area (Å²) in [6.45, 7) is 2.78. The third kappa shape index (κ3) is 3.02. The van der Waals surface area contributed by atoms with Crippen LogP contribution in [0.3, 0.4) is 0 Å². The van der Waals surface area contributed by atoms with Gasteiger partial charge in [-0.15, -0.1) is 0 Å². The predicted molar refractivity (Wildman–Crippen MR) is 82.4 cm³/mol. The van der Waals surface area contributed by atoms with Crippen LogP contribution in [-0.4, -0.2) is 36.5 Å². The fraction of sp³-hybridized carbons (Fsp3) is 0.467. The van der Waals surface area contributed by atoms with E-state index in [9.17, 15) is 4.79 Å². The third-order valence-corrected chi connectivity index (χ3v) is 4.41.